The van der Waals surface area contributed by atoms with Crippen molar-refractivity contribution < 1.29 is 4.74 Å². The van der Waals surface area contributed by atoms with Gasteiger partial charge in [0.05, 0.1) is 6.10 Å². The van der Waals surface area contributed by atoms with E-state index in [9.17, 15) is 0 Å². The van der Waals surface area contributed by atoms with Crippen LogP contribution in [0.15, 0.2) is 18.2 Å². The zero-order chi connectivity index (χ0) is 15.6. The summed E-state index contributed by atoms with van der Waals surface area (Å²) in [5, 5.41) is 4.76. The molecular formula is C18H28N2O. The van der Waals surface area contributed by atoms with Crippen molar-refractivity contribution in [2.75, 3.05) is 6.54 Å². The van der Waals surface area contributed by atoms with Crippen LogP contribution < -0.4 is 10.1 Å². The average Bonchev–Trinajstić information content (AvgIpc) is 2.67. The Balaban J connectivity index is 2.58. The molecule has 0 radical (unpaired) electrons. The Kier molecular flexibility index (Phi) is 4.94. The molecule has 0 amide bonds. The smallest absolute Gasteiger partial charge is 0.120 e. The number of hydrogen-bond acceptors (Lipinski definition) is 2. The number of hydrogen-bond donors (Lipinski definition) is 1. The highest BCUT2D eigenvalue weighted by Gasteiger charge is 2.16. The molecule has 0 atom stereocenters. The molecule has 1 heterocycles. The summed E-state index contributed by atoms with van der Waals surface area (Å²) >= 11 is 0. The van der Waals surface area contributed by atoms with E-state index in [1.165, 1.54) is 22.2 Å². The summed E-state index contributed by atoms with van der Waals surface area (Å²) in [5.41, 5.74) is 4.03. The molecule has 1 aromatic carbocycles. The van der Waals surface area contributed by atoms with E-state index in [0.717, 1.165) is 18.8 Å². The van der Waals surface area contributed by atoms with Crippen molar-refractivity contribution in [1.29, 1.82) is 0 Å². The van der Waals surface area contributed by atoms with E-state index in [1.54, 1.807) is 0 Å². The van der Waals surface area contributed by atoms with Gasteiger partial charge in [-0.3, -0.25) is 0 Å². The first-order chi connectivity index (χ1) is 9.95. The standard InChI is InChI=1S/C18H28N2O/c1-7-19-11-17-14(6)20(12(2)3)18-9-8-15(10-16(17)18)21-13(4)5/h8-10,12-13,19H,7,11H2,1-6H3. The van der Waals surface area contributed by atoms with Crippen molar-refractivity contribution in [3.63, 3.8) is 0 Å². The Morgan fingerprint density at radius 2 is 1.90 bits per heavy atom. The van der Waals surface area contributed by atoms with Crippen molar-refractivity contribution in [3.8, 4) is 5.75 Å². The van der Waals surface area contributed by atoms with Crippen LogP contribution in [0.1, 0.15) is 51.9 Å². The molecule has 0 aliphatic rings. The van der Waals surface area contributed by atoms with E-state index in [4.69, 9.17) is 4.74 Å². The molecule has 0 aliphatic carbocycles. The first kappa shape index (κ1) is 15.9. The lowest BCUT2D eigenvalue weighted by Gasteiger charge is -2.13. The number of benzene rings is 1. The van der Waals surface area contributed by atoms with Crippen LogP contribution in [0.2, 0.25) is 0 Å². The SMILES string of the molecule is CCNCc1c(C)n(C(C)C)c2ccc(OC(C)C)cc12. The third-order valence-electron chi connectivity index (χ3n) is 3.79. The maximum Gasteiger partial charge on any atom is 0.120 e. The lowest BCUT2D eigenvalue weighted by atomic mass is 10.1. The van der Waals surface area contributed by atoms with Gasteiger partial charge >= 0.3 is 0 Å². The summed E-state index contributed by atoms with van der Waals surface area (Å²) in [6, 6.07) is 6.92. The Bertz CT molecular complexity index is 611. The Hall–Kier alpha value is -1.48. The molecule has 2 rings (SSSR count). The topological polar surface area (TPSA) is 26.2 Å². The number of fused-ring (bicyclic) bond motifs is 1. The molecule has 1 N–H and O–H groups in total. The van der Waals surface area contributed by atoms with Crippen LogP contribution in [0.3, 0.4) is 0 Å². The molecule has 0 spiro atoms. The average molecular weight is 288 g/mol. The number of nitrogens with one attached hydrogen (secondary N) is 1. The second kappa shape index (κ2) is 6.52. The molecule has 0 aliphatic heterocycles. The minimum absolute atomic E-state index is 0.202. The molecule has 0 saturated carbocycles. The number of nitrogens with zero attached hydrogens (tertiary/aromatic N) is 1. The van der Waals surface area contributed by atoms with Gasteiger partial charge in [-0.25, -0.2) is 0 Å². The zero-order valence-corrected chi connectivity index (χ0v) is 14.2. The van der Waals surface area contributed by atoms with Crippen molar-refractivity contribution in [3.05, 3.63) is 29.5 Å². The minimum atomic E-state index is 0.202. The van der Waals surface area contributed by atoms with Crippen LogP contribution in [0.25, 0.3) is 10.9 Å². The van der Waals surface area contributed by atoms with E-state index in [2.05, 4.69) is 69.6 Å². The van der Waals surface area contributed by atoms with Gasteiger partial charge in [0.25, 0.3) is 0 Å². The highest BCUT2D eigenvalue weighted by Crippen LogP contribution is 2.32. The fourth-order valence-electron chi connectivity index (χ4n) is 2.97. The lowest BCUT2D eigenvalue weighted by Crippen LogP contribution is -2.13. The Labute approximate surface area is 128 Å². The van der Waals surface area contributed by atoms with E-state index in [-0.39, 0.29) is 6.10 Å². The first-order valence-corrected chi connectivity index (χ1v) is 7.96. The fraction of sp³-hybridized carbons (Fsp3) is 0.556. The first-order valence-electron chi connectivity index (χ1n) is 7.96. The summed E-state index contributed by atoms with van der Waals surface area (Å²) in [6.45, 7) is 14.9. The molecule has 116 valence electrons. The molecule has 2 aromatic rings. The van der Waals surface area contributed by atoms with Gasteiger partial charge in [-0.2, -0.15) is 0 Å². The second-order valence-electron chi connectivity index (χ2n) is 6.15. The maximum atomic E-state index is 5.86. The summed E-state index contributed by atoms with van der Waals surface area (Å²) in [7, 11) is 0. The monoisotopic (exact) mass is 288 g/mol. The number of ether oxygens (including phenoxy) is 1. The fourth-order valence-corrected chi connectivity index (χ4v) is 2.97. The van der Waals surface area contributed by atoms with Gasteiger partial charge in [0, 0.05) is 29.2 Å². The molecule has 1 aromatic heterocycles. The molecule has 0 fully saturated rings. The van der Waals surface area contributed by atoms with Crippen LogP contribution in [0.4, 0.5) is 0 Å². The van der Waals surface area contributed by atoms with E-state index in [1.807, 2.05) is 0 Å². The van der Waals surface area contributed by atoms with Crippen molar-refractivity contribution >= 4 is 10.9 Å². The van der Waals surface area contributed by atoms with Crippen molar-refractivity contribution in [1.82, 2.24) is 9.88 Å². The highest BCUT2D eigenvalue weighted by atomic mass is 16.5. The number of aromatic nitrogens is 1. The minimum Gasteiger partial charge on any atom is -0.491 e. The summed E-state index contributed by atoms with van der Waals surface area (Å²) in [6.07, 6.45) is 0.202. The molecule has 21 heavy (non-hydrogen) atoms. The normalized spacial score (nSPS) is 11.8. The third-order valence-corrected chi connectivity index (χ3v) is 3.79. The Morgan fingerprint density at radius 1 is 1.19 bits per heavy atom. The highest BCUT2D eigenvalue weighted by molar-refractivity contribution is 5.87. The summed E-state index contributed by atoms with van der Waals surface area (Å²) < 4.78 is 8.28. The predicted octanol–water partition coefficient (Wildman–Crippen LogP) is 4.43. The van der Waals surface area contributed by atoms with Crippen LogP contribution >= 0.6 is 0 Å². The van der Waals surface area contributed by atoms with E-state index >= 15 is 0 Å². The van der Waals surface area contributed by atoms with E-state index < -0.39 is 0 Å². The van der Waals surface area contributed by atoms with Gasteiger partial charge in [-0.1, -0.05) is 6.92 Å². The van der Waals surface area contributed by atoms with Crippen LogP contribution in [0.5, 0.6) is 5.75 Å². The van der Waals surface area contributed by atoms with Crippen molar-refractivity contribution in [2.24, 2.45) is 0 Å². The predicted molar refractivity (Wildman–Crippen MR) is 90.2 cm³/mol. The van der Waals surface area contributed by atoms with Gasteiger partial charge in [-0.05, 0) is 64.9 Å². The molecule has 0 unspecified atom stereocenters. The van der Waals surface area contributed by atoms with Crippen LogP contribution in [-0.4, -0.2) is 17.2 Å². The van der Waals surface area contributed by atoms with Gasteiger partial charge in [-0.15, -0.1) is 0 Å². The molecular weight excluding hydrogens is 260 g/mol. The maximum absolute atomic E-state index is 5.86. The quantitative estimate of drug-likeness (QED) is 0.851. The molecule has 3 heteroatoms. The van der Waals surface area contributed by atoms with Gasteiger partial charge < -0.3 is 14.6 Å². The summed E-state index contributed by atoms with van der Waals surface area (Å²) in [4.78, 5) is 0. The second-order valence-corrected chi connectivity index (χ2v) is 6.15. The van der Waals surface area contributed by atoms with Crippen molar-refractivity contribution in [2.45, 2.75) is 60.2 Å². The molecule has 0 saturated heterocycles. The van der Waals surface area contributed by atoms with E-state index in [0.29, 0.717) is 6.04 Å². The zero-order valence-electron chi connectivity index (χ0n) is 14.2. The summed E-state index contributed by atoms with van der Waals surface area (Å²) in [5.74, 6) is 0.955. The molecule has 0 bridgehead atoms. The van der Waals surface area contributed by atoms with Crippen LogP contribution in [0, 0.1) is 6.92 Å². The number of rotatable bonds is 6. The largest absolute Gasteiger partial charge is 0.491 e. The van der Waals surface area contributed by atoms with Gasteiger partial charge in [0.2, 0.25) is 0 Å². The third kappa shape index (κ3) is 3.24. The molecule has 3 nitrogen and oxygen atoms in total. The lowest BCUT2D eigenvalue weighted by molar-refractivity contribution is 0.243. The van der Waals surface area contributed by atoms with Gasteiger partial charge in [0.1, 0.15) is 5.75 Å². The van der Waals surface area contributed by atoms with Crippen LogP contribution in [-0.2, 0) is 6.54 Å². The Morgan fingerprint density at radius 3 is 2.48 bits per heavy atom. The van der Waals surface area contributed by atoms with Gasteiger partial charge in [0.15, 0.2) is 0 Å².